The third-order valence-electron chi connectivity index (χ3n) is 2.93. The molecule has 0 saturated carbocycles. The topological polar surface area (TPSA) is 64.4 Å². The first-order valence-electron chi connectivity index (χ1n) is 6.23. The van der Waals surface area contributed by atoms with Gasteiger partial charge in [-0.25, -0.2) is 0 Å². The lowest BCUT2D eigenvalue weighted by Crippen LogP contribution is -2.07. The number of non-ortho nitro benzene ring substituents is 1. The first kappa shape index (κ1) is 17.8. The Morgan fingerprint density at radius 3 is 2.04 bits per heavy atom. The molecule has 0 fully saturated rings. The number of ether oxygens (including phenoxy) is 1. The summed E-state index contributed by atoms with van der Waals surface area (Å²) in [6, 6.07) is 6.26. The summed E-state index contributed by atoms with van der Waals surface area (Å²) in [4.78, 5) is 7.79. The number of nitrogens with zero attached hydrogens (tertiary/aromatic N) is 1. The Balaban J connectivity index is 2.42. The van der Waals surface area contributed by atoms with E-state index < -0.39 is 25.8 Å². The molecule has 0 spiro atoms. The molecule has 11 heteroatoms. The van der Waals surface area contributed by atoms with Crippen molar-refractivity contribution in [1.82, 2.24) is 0 Å². The molecule has 0 radical (unpaired) electrons. The minimum absolute atomic E-state index is 0.182. The van der Waals surface area contributed by atoms with Gasteiger partial charge in [0, 0.05) is 35.6 Å². The van der Waals surface area contributed by atoms with Crippen molar-refractivity contribution in [1.29, 1.82) is 0 Å². The molecule has 2 rings (SSSR count). The molecule has 132 valence electrons. The number of hydrogen-bond donors (Lipinski definition) is 1. The molecule has 0 aliphatic heterocycles. The maximum absolute atomic E-state index is 13.0. The largest absolute Gasteiger partial charge is 0.497 e. The van der Waals surface area contributed by atoms with Gasteiger partial charge in [-0.1, -0.05) is 19.4 Å². The lowest BCUT2D eigenvalue weighted by atomic mass is 10.2. The molecule has 5 nitrogen and oxygen atoms in total. The summed E-state index contributed by atoms with van der Waals surface area (Å²) in [6.07, 6.45) is 0. The minimum Gasteiger partial charge on any atom is -0.497 e. The highest BCUT2D eigenvalue weighted by atomic mass is 32.5. The van der Waals surface area contributed by atoms with Crippen molar-refractivity contribution >= 4 is 27.3 Å². The third-order valence-corrected chi connectivity index (χ3v) is 4.05. The van der Waals surface area contributed by atoms with E-state index in [1.165, 1.54) is 12.1 Å². The smallest absolute Gasteiger partial charge is 0.310 e. The molecule has 0 aromatic heterocycles. The van der Waals surface area contributed by atoms with Gasteiger partial charge >= 0.3 is 10.2 Å². The molecular formula is C13H11F5N2O3S. The van der Waals surface area contributed by atoms with E-state index in [-0.39, 0.29) is 29.2 Å². The van der Waals surface area contributed by atoms with Gasteiger partial charge in [-0.15, -0.1) is 0 Å². The molecule has 1 N–H and O–H groups in total. The van der Waals surface area contributed by atoms with Crippen LogP contribution in [0.1, 0.15) is 0 Å². The number of hydrogen-bond acceptors (Lipinski definition) is 4. The Labute approximate surface area is 132 Å². The maximum Gasteiger partial charge on any atom is 0.310 e. The molecule has 0 bridgehead atoms. The molecular weight excluding hydrogens is 359 g/mol. The molecule has 0 aliphatic rings. The van der Waals surface area contributed by atoms with Gasteiger partial charge < -0.3 is 10.1 Å². The molecule has 24 heavy (non-hydrogen) atoms. The highest BCUT2D eigenvalue weighted by Gasteiger charge is 2.65. The molecule has 0 aliphatic carbocycles. The van der Waals surface area contributed by atoms with Crippen LogP contribution in [0.4, 0.5) is 36.5 Å². The molecule has 2 aromatic rings. The fraction of sp³-hybridized carbons (Fsp3) is 0.0769. The minimum atomic E-state index is -9.88. The predicted octanol–water partition coefficient (Wildman–Crippen LogP) is 6.00. The molecule has 0 heterocycles. The Morgan fingerprint density at radius 2 is 1.58 bits per heavy atom. The molecule has 0 atom stereocenters. The van der Waals surface area contributed by atoms with E-state index in [0.717, 1.165) is 25.3 Å². The van der Waals surface area contributed by atoms with Crippen LogP contribution >= 0.6 is 10.2 Å². The summed E-state index contributed by atoms with van der Waals surface area (Å²) in [5, 5.41) is 13.0. The number of rotatable bonds is 5. The average Bonchev–Trinajstić information content (AvgIpc) is 2.45. The van der Waals surface area contributed by atoms with Gasteiger partial charge in [0.15, 0.2) is 0 Å². The number of nitro groups is 1. The van der Waals surface area contributed by atoms with Crippen LogP contribution in [0, 0.1) is 10.1 Å². The van der Waals surface area contributed by atoms with Crippen LogP contribution in [0.2, 0.25) is 0 Å². The van der Waals surface area contributed by atoms with Gasteiger partial charge in [0.1, 0.15) is 10.6 Å². The number of methoxy groups -OCH3 is 1. The third kappa shape index (κ3) is 4.25. The van der Waals surface area contributed by atoms with Crippen LogP contribution in [-0.2, 0) is 0 Å². The fourth-order valence-corrected chi connectivity index (χ4v) is 2.51. The Morgan fingerprint density at radius 1 is 1.00 bits per heavy atom. The first-order chi connectivity index (χ1) is 10.8. The van der Waals surface area contributed by atoms with Crippen molar-refractivity contribution in [3.8, 4) is 5.75 Å². The van der Waals surface area contributed by atoms with Crippen molar-refractivity contribution in [2.24, 2.45) is 0 Å². The molecule has 0 amide bonds. The van der Waals surface area contributed by atoms with Crippen molar-refractivity contribution in [2.45, 2.75) is 4.90 Å². The monoisotopic (exact) mass is 370 g/mol. The molecule has 0 unspecified atom stereocenters. The number of halogens is 5. The van der Waals surface area contributed by atoms with Crippen LogP contribution in [-0.4, -0.2) is 12.0 Å². The highest BCUT2D eigenvalue weighted by molar-refractivity contribution is 8.45. The zero-order valence-corrected chi connectivity index (χ0v) is 12.8. The number of nitro benzene ring substituents is 1. The van der Waals surface area contributed by atoms with Crippen molar-refractivity contribution in [3.63, 3.8) is 0 Å². The Hall–Kier alpha value is -2.56. The highest BCUT2D eigenvalue weighted by Crippen LogP contribution is 3.02. The summed E-state index contributed by atoms with van der Waals surface area (Å²) in [5.74, 6) is -0.412. The van der Waals surface area contributed by atoms with E-state index in [1.54, 1.807) is 0 Å². The number of anilines is 2. The Kier molecular flexibility index (Phi) is 3.68. The summed E-state index contributed by atoms with van der Waals surface area (Å²) in [5.41, 5.74) is -0.340. The summed E-state index contributed by atoms with van der Waals surface area (Å²) >= 11 is 0. The standard InChI is InChI=1S/C13H11F5N2O3S/c1-23-12-6-10(7-13(8-12)24(14,15,16,17)18)19-9-2-4-11(5-3-9)20(21)22/h2-8,19H,1H3. The predicted molar refractivity (Wildman–Crippen MR) is 80.8 cm³/mol. The van der Waals surface area contributed by atoms with E-state index >= 15 is 0 Å². The van der Waals surface area contributed by atoms with Crippen LogP contribution in [0.5, 0.6) is 5.75 Å². The van der Waals surface area contributed by atoms with E-state index in [1.807, 2.05) is 0 Å². The maximum atomic E-state index is 13.0. The second-order valence-corrected chi connectivity index (χ2v) is 7.20. The number of nitrogens with one attached hydrogen (secondary N) is 1. The zero-order chi connectivity index (χ0) is 18.2. The van der Waals surface area contributed by atoms with Gasteiger partial charge in [-0.2, -0.15) is 0 Å². The second-order valence-electron chi connectivity index (χ2n) is 4.80. The summed E-state index contributed by atoms with van der Waals surface area (Å²) < 4.78 is 69.5. The number of benzene rings is 2. The van der Waals surface area contributed by atoms with E-state index in [4.69, 9.17) is 0 Å². The van der Waals surface area contributed by atoms with Crippen molar-refractivity contribution in [3.05, 3.63) is 52.6 Å². The average molecular weight is 370 g/mol. The lowest BCUT2D eigenvalue weighted by Gasteiger charge is -2.40. The van der Waals surface area contributed by atoms with Crippen LogP contribution in [0.15, 0.2) is 47.4 Å². The van der Waals surface area contributed by atoms with Gasteiger partial charge in [-0.3, -0.25) is 10.1 Å². The van der Waals surface area contributed by atoms with Gasteiger partial charge in [-0.05, 0) is 18.2 Å². The van der Waals surface area contributed by atoms with Gasteiger partial charge in [0.25, 0.3) is 5.69 Å². The normalized spacial score (nSPS) is 14.4. The fourth-order valence-electron chi connectivity index (χ4n) is 1.82. The zero-order valence-electron chi connectivity index (χ0n) is 12.0. The summed E-state index contributed by atoms with van der Waals surface area (Å²) in [7, 11) is -8.83. The van der Waals surface area contributed by atoms with E-state index in [9.17, 15) is 29.5 Å². The second kappa shape index (κ2) is 4.97. The van der Waals surface area contributed by atoms with Gasteiger partial charge in [0.05, 0.1) is 12.0 Å². The molecule has 0 saturated heterocycles. The van der Waals surface area contributed by atoms with Gasteiger partial charge in [0.2, 0.25) is 0 Å². The SMILES string of the molecule is COc1cc(Nc2ccc([N+](=O)[O-])cc2)cc(S(F)(F)(F)(F)F)c1. The van der Waals surface area contributed by atoms with E-state index in [2.05, 4.69) is 10.1 Å². The molecule has 2 aromatic carbocycles. The van der Waals surface area contributed by atoms with E-state index in [0.29, 0.717) is 0 Å². The van der Waals surface area contributed by atoms with Crippen LogP contribution in [0.25, 0.3) is 0 Å². The summed E-state index contributed by atoms with van der Waals surface area (Å²) in [6.45, 7) is 0. The van der Waals surface area contributed by atoms with Crippen LogP contribution in [0.3, 0.4) is 0 Å². The quantitative estimate of drug-likeness (QED) is 0.398. The van der Waals surface area contributed by atoms with Crippen LogP contribution < -0.4 is 10.1 Å². The van der Waals surface area contributed by atoms with Crippen molar-refractivity contribution < 1.29 is 29.1 Å². The first-order valence-corrected chi connectivity index (χ1v) is 8.18. The van der Waals surface area contributed by atoms with Crippen molar-refractivity contribution in [2.75, 3.05) is 12.4 Å². The lowest BCUT2D eigenvalue weighted by molar-refractivity contribution is -0.384. The Bertz CT molecular complexity index is 794.